The van der Waals surface area contributed by atoms with E-state index >= 15 is 0 Å². The van der Waals surface area contributed by atoms with Gasteiger partial charge in [0.05, 0.1) is 0 Å². The minimum Gasteiger partial charge on any atom is -0.385 e. The molecule has 16 heavy (non-hydrogen) atoms. The second-order valence-electron chi connectivity index (χ2n) is 4.59. The molecule has 2 nitrogen and oxygen atoms in total. The summed E-state index contributed by atoms with van der Waals surface area (Å²) in [6.07, 6.45) is 10.8. The molecule has 0 aromatic rings. The first kappa shape index (κ1) is 15.9. The van der Waals surface area contributed by atoms with Gasteiger partial charge in [0.1, 0.15) is 0 Å². The first-order valence-electron chi connectivity index (χ1n) is 7.07. The van der Waals surface area contributed by atoms with Crippen LogP contribution in [0, 0.1) is 0 Å². The number of rotatable bonds is 12. The molecule has 0 saturated heterocycles. The summed E-state index contributed by atoms with van der Waals surface area (Å²) in [6, 6.07) is 0.663. The van der Waals surface area contributed by atoms with Crippen molar-refractivity contribution in [1.82, 2.24) is 5.32 Å². The summed E-state index contributed by atoms with van der Waals surface area (Å²) in [5.41, 5.74) is 0. The molecule has 0 bridgehead atoms. The largest absolute Gasteiger partial charge is 0.385 e. The first-order chi connectivity index (χ1) is 7.85. The van der Waals surface area contributed by atoms with Crippen LogP contribution in [0.25, 0.3) is 0 Å². The van der Waals surface area contributed by atoms with Crippen molar-refractivity contribution in [3.8, 4) is 0 Å². The molecule has 1 N–H and O–H groups in total. The molecule has 0 spiro atoms. The maximum Gasteiger partial charge on any atom is 0.0477 e. The zero-order valence-corrected chi connectivity index (χ0v) is 11.6. The number of unbranched alkanes of at least 4 members (excludes halogenated alkanes) is 5. The van der Waals surface area contributed by atoms with Crippen LogP contribution in [0.3, 0.4) is 0 Å². The van der Waals surface area contributed by atoms with Crippen molar-refractivity contribution in [3.05, 3.63) is 0 Å². The molecule has 0 aromatic carbocycles. The second-order valence-corrected chi connectivity index (χ2v) is 4.59. The fraction of sp³-hybridized carbons (Fsp3) is 1.00. The van der Waals surface area contributed by atoms with Crippen LogP contribution in [0.2, 0.25) is 0 Å². The Bertz CT molecular complexity index is 128. The highest BCUT2D eigenvalue weighted by Gasteiger charge is 2.05. The molecule has 98 valence electrons. The van der Waals surface area contributed by atoms with Crippen LogP contribution in [-0.4, -0.2) is 26.3 Å². The Labute approximate surface area is 102 Å². The third-order valence-corrected chi connectivity index (χ3v) is 3.07. The summed E-state index contributed by atoms with van der Waals surface area (Å²) in [4.78, 5) is 0. The number of ether oxygens (including phenoxy) is 1. The van der Waals surface area contributed by atoms with Gasteiger partial charge in [-0.2, -0.15) is 0 Å². The third-order valence-electron chi connectivity index (χ3n) is 3.07. The van der Waals surface area contributed by atoms with Gasteiger partial charge in [-0.25, -0.2) is 0 Å². The van der Waals surface area contributed by atoms with Gasteiger partial charge in [-0.15, -0.1) is 0 Å². The van der Waals surface area contributed by atoms with E-state index in [9.17, 15) is 0 Å². The zero-order chi connectivity index (χ0) is 12.1. The molecule has 0 fully saturated rings. The molecule has 0 radical (unpaired) electrons. The SMILES string of the molecule is CCCCCCCCC(CCOC)NCC. The van der Waals surface area contributed by atoms with Crippen molar-refractivity contribution in [1.29, 1.82) is 0 Å². The van der Waals surface area contributed by atoms with E-state index in [0.717, 1.165) is 19.6 Å². The van der Waals surface area contributed by atoms with Crippen LogP contribution in [0.1, 0.15) is 65.2 Å². The van der Waals surface area contributed by atoms with Gasteiger partial charge in [-0.3, -0.25) is 0 Å². The van der Waals surface area contributed by atoms with Gasteiger partial charge in [0.2, 0.25) is 0 Å². The van der Waals surface area contributed by atoms with Crippen molar-refractivity contribution in [3.63, 3.8) is 0 Å². The van der Waals surface area contributed by atoms with E-state index in [0.29, 0.717) is 6.04 Å². The Kier molecular flexibility index (Phi) is 12.9. The highest BCUT2D eigenvalue weighted by Crippen LogP contribution is 2.10. The van der Waals surface area contributed by atoms with Crippen molar-refractivity contribution in [2.75, 3.05) is 20.3 Å². The first-order valence-corrected chi connectivity index (χ1v) is 7.07. The van der Waals surface area contributed by atoms with E-state index in [-0.39, 0.29) is 0 Å². The lowest BCUT2D eigenvalue weighted by Crippen LogP contribution is -2.29. The fourth-order valence-electron chi connectivity index (χ4n) is 2.07. The van der Waals surface area contributed by atoms with Gasteiger partial charge in [0, 0.05) is 19.8 Å². The minimum absolute atomic E-state index is 0.663. The molecule has 1 unspecified atom stereocenters. The van der Waals surface area contributed by atoms with Gasteiger partial charge in [-0.1, -0.05) is 52.4 Å². The Morgan fingerprint density at radius 3 is 2.25 bits per heavy atom. The fourth-order valence-corrected chi connectivity index (χ4v) is 2.07. The molecular formula is C14H31NO. The number of hydrogen-bond donors (Lipinski definition) is 1. The molecule has 0 aliphatic carbocycles. The van der Waals surface area contributed by atoms with Gasteiger partial charge in [-0.05, 0) is 19.4 Å². The van der Waals surface area contributed by atoms with Gasteiger partial charge < -0.3 is 10.1 Å². The standard InChI is InChI=1S/C14H31NO/c1-4-6-7-8-9-10-11-14(15-5-2)12-13-16-3/h14-15H,4-13H2,1-3H3. The Morgan fingerprint density at radius 1 is 0.938 bits per heavy atom. The van der Waals surface area contributed by atoms with Gasteiger partial charge in [0.25, 0.3) is 0 Å². The summed E-state index contributed by atoms with van der Waals surface area (Å²) in [5, 5.41) is 3.54. The molecule has 0 aromatic heterocycles. The molecule has 0 aliphatic rings. The van der Waals surface area contributed by atoms with Crippen molar-refractivity contribution in [2.45, 2.75) is 71.3 Å². The van der Waals surface area contributed by atoms with Gasteiger partial charge >= 0.3 is 0 Å². The molecule has 0 amide bonds. The summed E-state index contributed by atoms with van der Waals surface area (Å²) in [6.45, 7) is 6.41. The Balaban J connectivity index is 3.36. The topological polar surface area (TPSA) is 21.3 Å². The van der Waals surface area contributed by atoms with Gasteiger partial charge in [0.15, 0.2) is 0 Å². The maximum atomic E-state index is 5.14. The van der Waals surface area contributed by atoms with Crippen LogP contribution in [0.15, 0.2) is 0 Å². The van der Waals surface area contributed by atoms with E-state index in [1.54, 1.807) is 7.11 Å². The molecule has 2 heteroatoms. The third kappa shape index (κ3) is 10.4. The van der Waals surface area contributed by atoms with E-state index in [2.05, 4.69) is 19.2 Å². The highest BCUT2D eigenvalue weighted by molar-refractivity contribution is 4.65. The van der Waals surface area contributed by atoms with Crippen molar-refractivity contribution < 1.29 is 4.74 Å². The Morgan fingerprint density at radius 2 is 1.62 bits per heavy atom. The van der Waals surface area contributed by atoms with Crippen LogP contribution in [0.4, 0.5) is 0 Å². The quantitative estimate of drug-likeness (QED) is 0.515. The van der Waals surface area contributed by atoms with Crippen LogP contribution in [-0.2, 0) is 4.74 Å². The normalized spacial score (nSPS) is 12.9. The van der Waals surface area contributed by atoms with E-state index in [1.807, 2.05) is 0 Å². The number of methoxy groups -OCH3 is 1. The molecular weight excluding hydrogens is 198 g/mol. The highest BCUT2D eigenvalue weighted by atomic mass is 16.5. The summed E-state index contributed by atoms with van der Waals surface area (Å²) >= 11 is 0. The lowest BCUT2D eigenvalue weighted by atomic mass is 10.0. The van der Waals surface area contributed by atoms with Crippen molar-refractivity contribution in [2.24, 2.45) is 0 Å². The van der Waals surface area contributed by atoms with Crippen molar-refractivity contribution >= 4 is 0 Å². The number of nitrogens with one attached hydrogen (secondary N) is 1. The summed E-state index contributed by atoms with van der Waals surface area (Å²) in [7, 11) is 1.79. The predicted octanol–water partition coefficient (Wildman–Crippen LogP) is 3.75. The zero-order valence-electron chi connectivity index (χ0n) is 11.6. The minimum atomic E-state index is 0.663. The lowest BCUT2D eigenvalue weighted by molar-refractivity contribution is 0.180. The summed E-state index contributed by atoms with van der Waals surface area (Å²) in [5.74, 6) is 0. The molecule has 1 atom stereocenters. The monoisotopic (exact) mass is 229 g/mol. The molecule has 0 heterocycles. The Hall–Kier alpha value is -0.0800. The maximum absolute atomic E-state index is 5.14. The average Bonchev–Trinajstić information content (AvgIpc) is 2.30. The van der Waals surface area contributed by atoms with E-state index in [1.165, 1.54) is 44.9 Å². The predicted molar refractivity (Wildman–Crippen MR) is 72.0 cm³/mol. The molecule has 0 aliphatic heterocycles. The van der Waals surface area contributed by atoms with E-state index in [4.69, 9.17) is 4.74 Å². The van der Waals surface area contributed by atoms with Crippen LogP contribution < -0.4 is 5.32 Å². The smallest absolute Gasteiger partial charge is 0.0477 e. The second kappa shape index (κ2) is 13.0. The lowest BCUT2D eigenvalue weighted by Gasteiger charge is -2.17. The van der Waals surface area contributed by atoms with Crippen LogP contribution >= 0.6 is 0 Å². The number of hydrogen-bond acceptors (Lipinski definition) is 2. The van der Waals surface area contributed by atoms with Crippen LogP contribution in [0.5, 0.6) is 0 Å². The summed E-state index contributed by atoms with van der Waals surface area (Å²) < 4.78 is 5.14. The average molecular weight is 229 g/mol. The molecule has 0 saturated carbocycles. The van der Waals surface area contributed by atoms with E-state index < -0.39 is 0 Å². The molecule has 0 rings (SSSR count).